The monoisotopic (exact) mass is 266 g/mol. The van der Waals surface area contributed by atoms with Crippen molar-refractivity contribution in [2.75, 3.05) is 0 Å². The van der Waals surface area contributed by atoms with Crippen LogP contribution in [0.25, 0.3) is 0 Å². The Labute approximate surface area is 118 Å². The van der Waals surface area contributed by atoms with E-state index in [2.05, 4.69) is 6.92 Å². The van der Waals surface area contributed by atoms with Crippen molar-refractivity contribution in [3.05, 3.63) is 6.08 Å². The van der Waals surface area contributed by atoms with Crippen molar-refractivity contribution in [1.29, 1.82) is 0 Å². The van der Waals surface area contributed by atoms with Crippen molar-refractivity contribution in [1.82, 2.24) is 0 Å². The number of aldehydes is 1. The summed E-state index contributed by atoms with van der Waals surface area (Å²) in [5.74, 6) is 2.43. The molecule has 0 fully saturated rings. The Hall–Kier alpha value is -0.880. The molecule has 0 saturated heterocycles. The van der Waals surface area contributed by atoms with E-state index in [9.17, 15) is 9.59 Å². The summed E-state index contributed by atoms with van der Waals surface area (Å²) >= 11 is 0. The zero-order chi connectivity index (χ0) is 14.2. The number of hydrogen-bond acceptors (Lipinski definition) is 2. The Bertz CT molecular complexity index is 242. The van der Waals surface area contributed by atoms with E-state index in [1.807, 2.05) is 5.94 Å². The van der Waals surface area contributed by atoms with Crippen molar-refractivity contribution in [2.24, 2.45) is 5.92 Å². The first-order chi connectivity index (χ1) is 9.35. The largest absolute Gasteiger partial charge is 0.303 e. The molecule has 0 aromatic rings. The van der Waals surface area contributed by atoms with Gasteiger partial charge in [-0.05, 0) is 24.8 Å². The Balaban J connectivity index is 3.46. The van der Waals surface area contributed by atoms with Gasteiger partial charge in [-0.3, -0.25) is 0 Å². The first-order valence-electron chi connectivity index (χ1n) is 7.98. The number of unbranched alkanes of at least 4 members (excludes halogenated alkanes) is 7. The van der Waals surface area contributed by atoms with E-state index in [4.69, 9.17) is 0 Å². The molecule has 2 heteroatoms. The van der Waals surface area contributed by atoms with Gasteiger partial charge in [0.25, 0.3) is 0 Å². The maximum Gasteiger partial charge on any atom is 0.120 e. The molecule has 0 heterocycles. The first kappa shape index (κ1) is 18.1. The molecule has 0 spiro atoms. The second-order valence-electron chi connectivity index (χ2n) is 5.43. The summed E-state index contributed by atoms with van der Waals surface area (Å²) < 4.78 is 0. The van der Waals surface area contributed by atoms with E-state index in [0.29, 0.717) is 5.92 Å². The molecule has 0 saturated carbocycles. The molecule has 0 aliphatic heterocycles. The van der Waals surface area contributed by atoms with Crippen LogP contribution in [0.4, 0.5) is 0 Å². The summed E-state index contributed by atoms with van der Waals surface area (Å²) in [5.41, 5.74) is 0. The number of allylic oxidation sites excluding steroid dienone is 1. The van der Waals surface area contributed by atoms with E-state index >= 15 is 0 Å². The van der Waals surface area contributed by atoms with Gasteiger partial charge in [0.1, 0.15) is 12.2 Å². The maximum absolute atomic E-state index is 10.6. The second kappa shape index (κ2) is 15.2. The zero-order valence-corrected chi connectivity index (χ0v) is 12.5. The lowest BCUT2D eigenvalue weighted by Crippen LogP contribution is -2.01. The van der Waals surface area contributed by atoms with Crippen molar-refractivity contribution in [3.8, 4) is 0 Å². The molecule has 0 bridgehead atoms. The van der Waals surface area contributed by atoms with Gasteiger partial charge in [-0.1, -0.05) is 64.7 Å². The lowest BCUT2D eigenvalue weighted by atomic mass is 9.92. The third kappa shape index (κ3) is 13.4. The minimum Gasteiger partial charge on any atom is -0.303 e. The fourth-order valence-electron chi connectivity index (χ4n) is 2.47. The standard InChI is InChI=1S/C17H30O2/c1-2-3-9-12-17(14-16-19)13-10-7-5-4-6-8-11-15-18/h11,16-17H,2-10,12-14H2,1H3. The lowest BCUT2D eigenvalue weighted by molar-refractivity contribution is -0.108. The van der Waals surface area contributed by atoms with Gasteiger partial charge in [0.2, 0.25) is 0 Å². The van der Waals surface area contributed by atoms with E-state index in [-0.39, 0.29) is 0 Å². The van der Waals surface area contributed by atoms with Crippen LogP contribution in [0.5, 0.6) is 0 Å². The molecule has 0 aromatic heterocycles. The summed E-state index contributed by atoms with van der Waals surface area (Å²) in [6, 6.07) is 0. The Morgan fingerprint density at radius 2 is 1.58 bits per heavy atom. The predicted octanol–water partition coefficient (Wildman–Crippen LogP) is 4.89. The minimum absolute atomic E-state index is 0.613. The average molecular weight is 266 g/mol. The van der Waals surface area contributed by atoms with Gasteiger partial charge in [0.05, 0.1) is 0 Å². The molecule has 110 valence electrons. The molecule has 0 aromatic carbocycles. The topological polar surface area (TPSA) is 34.1 Å². The second-order valence-corrected chi connectivity index (χ2v) is 5.43. The van der Waals surface area contributed by atoms with Crippen LogP contribution in [-0.2, 0) is 9.59 Å². The number of carbonyl (C=O) groups excluding carboxylic acids is 2. The van der Waals surface area contributed by atoms with Gasteiger partial charge in [0, 0.05) is 6.42 Å². The third-order valence-electron chi connectivity index (χ3n) is 3.69. The van der Waals surface area contributed by atoms with Gasteiger partial charge < -0.3 is 4.79 Å². The smallest absolute Gasteiger partial charge is 0.120 e. The SMILES string of the molecule is CCCCCC(CC=O)CCCCCCCC=C=O. The third-order valence-corrected chi connectivity index (χ3v) is 3.69. The van der Waals surface area contributed by atoms with Gasteiger partial charge >= 0.3 is 0 Å². The molecule has 0 radical (unpaired) electrons. The highest BCUT2D eigenvalue weighted by Gasteiger charge is 2.07. The molecule has 0 amide bonds. The van der Waals surface area contributed by atoms with Crippen LogP contribution < -0.4 is 0 Å². The Morgan fingerprint density at radius 3 is 2.21 bits per heavy atom. The van der Waals surface area contributed by atoms with Gasteiger partial charge in [0.15, 0.2) is 0 Å². The molecule has 0 aliphatic rings. The molecule has 2 nitrogen and oxygen atoms in total. The van der Waals surface area contributed by atoms with Gasteiger partial charge in [-0.2, -0.15) is 0 Å². The molecule has 0 rings (SSSR count). The highest BCUT2D eigenvalue weighted by molar-refractivity contribution is 5.49. The van der Waals surface area contributed by atoms with Crippen LogP contribution in [0.1, 0.15) is 84.0 Å². The summed E-state index contributed by atoms with van der Waals surface area (Å²) in [5, 5.41) is 0. The van der Waals surface area contributed by atoms with Crippen LogP contribution in [0.2, 0.25) is 0 Å². The van der Waals surface area contributed by atoms with Gasteiger partial charge in [-0.15, -0.1) is 0 Å². The number of carbonyl (C=O) groups is 1. The molecular formula is C17H30O2. The molecular weight excluding hydrogens is 236 g/mol. The average Bonchev–Trinajstić information content (AvgIpc) is 2.42. The fraction of sp³-hybridized carbons (Fsp3) is 0.824. The zero-order valence-electron chi connectivity index (χ0n) is 12.5. The fourth-order valence-corrected chi connectivity index (χ4v) is 2.47. The minimum atomic E-state index is 0.613. The van der Waals surface area contributed by atoms with E-state index < -0.39 is 0 Å². The molecule has 0 aliphatic carbocycles. The van der Waals surface area contributed by atoms with Gasteiger partial charge in [-0.25, -0.2) is 4.79 Å². The summed E-state index contributed by atoms with van der Waals surface area (Å²) in [7, 11) is 0. The van der Waals surface area contributed by atoms with Crippen LogP contribution in [-0.4, -0.2) is 12.2 Å². The molecule has 1 unspecified atom stereocenters. The number of rotatable bonds is 14. The normalized spacial score (nSPS) is 11.8. The highest BCUT2D eigenvalue weighted by Crippen LogP contribution is 2.20. The Morgan fingerprint density at radius 1 is 0.947 bits per heavy atom. The van der Waals surface area contributed by atoms with E-state index in [0.717, 1.165) is 25.5 Å². The van der Waals surface area contributed by atoms with Crippen LogP contribution in [0.15, 0.2) is 6.08 Å². The maximum atomic E-state index is 10.6. The quantitative estimate of drug-likeness (QED) is 0.255. The predicted molar refractivity (Wildman–Crippen MR) is 80.9 cm³/mol. The molecule has 0 N–H and O–H groups in total. The summed E-state index contributed by atoms with van der Waals surface area (Å²) in [6.45, 7) is 2.22. The molecule has 19 heavy (non-hydrogen) atoms. The number of hydrogen-bond donors (Lipinski definition) is 0. The lowest BCUT2D eigenvalue weighted by Gasteiger charge is -2.13. The van der Waals surface area contributed by atoms with Crippen molar-refractivity contribution in [2.45, 2.75) is 84.0 Å². The summed E-state index contributed by atoms with van der Waals surface area (Å²) in [6.07, 6.45) is 16.6. The van der Waals surface area contributed by atoms with Crippen LogP contribution in [0.3, 0.4) is 0 Å². The van der Waals surface area contributed by atoms with Crippen LogP contribution >= 0.6 is 0 Å². The Kier molecular flexibility index (Phi) is 14.5. The van der Waals surface area contributed by atoms with Crippen molar-refractivity contribution in [3.63, 3.8) is 0 Å². The highest BCUT2D eigenvalue weighted by atomic mass is 16.1. The van der Waals surface area contributed by atoms with E-state index in [1.165, 1.54) is 57.8 Å². The van der Waals surface area contributed by atoms with Crippen molar-refractivity contribution < 1.29 is 9.59 Å². The molecule has 1 atom stereocenters. The first-order valence-corrected chi connectivity index (χ1v) is 7.98. The van der Waals surface area contributed by atoms with Crippen molar-refractivity contribution >= 4 is 12.2 Å². The summed E-state index contributed by atoms with van der Waals surface area (Å²) in [4.78, 5) is 20.6. The van der Waals surface area contributed by atoms with E-state index in [1.54, 1.807) is 6.08 Å². The van der Waals surface area contributed by atoms with Crippen LogP contribution in [0, 0.1) is 5.92 Å².